The lowest BCUT2D eigenvalue weighted by atomic mass is 9.93. The molecule has 32 heavy (non-hydrogen) atoms. The standard InChI is InChI=1S/C23H18N6O3/c1-31-19-9-16-18(10-20(19)32-7-6-29-5-4-25-13-29)26-12-27-22(16)21-15-8-14(11-24)2-3-17(15)28-23(21)30/h2-5,8-10,12-13,21H,6-7H2,1H3,(H,28,30). The highest BCUT2D eigenvalue weighted by molar-refractivity contribution is 6.07. The van der Waals surface area contributed by atoms with Crippen LogP contribution in [0.1, 0.15) is 22.7 Å². The van der Waals surface area contributed by atoms with Gasteiger partial charge in [0.25, 0.3) is 0 Å². The first-order valence-corrected chi connectivity index (χ1v) is 9.94. The van der Waals surface area contributed by atoms with Gasteiger partial charge in [0.15, 0.2) is 11.5 Å². The van der Waals surface area contributed by atoms with Crippen molar-refractivity contribution in [3.8, 4) is 17.6 Å². The molecule has 9 nitrogen and oxygen atoms in total. The lowest BCUT2D eigenvalue weighted by molar-refractivity contribution is -0.116. The number of aromatic nitrogens is 4. The summed E-state index contributed by atoms with van der Waals surface area (Å²) in [4.78, 5) is 25.7. The molecule has 1 aliphatic heterocycles. The molecule has 0 spiro atoms. The van der Waals surface area contributed by atoms with Crippen molar-refractivity contribution >= 4 is 22.5 Å². The third-order valence-electron chi connectivity index (χ3n) is 5.40. The summed E-state index contributed by atoms with van der Waals surface area (Å²) in [5.41, 5.74) is 3.05. The van der Waals surface area contributed by atoms with Crippen LogP contribution in [0, 0.1) is 11.3 Å². The van der Waals surface area contributed by atoms with Gasteiger partial charge in [0.2, 0.25) is 5.91 Å². The first-order chi connectivity index (χ1) is 15.7. The maximum Gasteiger partial charge on any atom is 0.238 e. The normalized spacial score (nSPS) is 14.6. The zero-order valence-electron chi connectivity index (χ0n) is 17.1. The molecule has 2 aromatic heterocycles. The van der Waals surface area contributed by atoms with Crippen LogP contribution in [0.5, 0.6) is 11.5 Å². The number of anilines is 1. The van der Waals surface area contributed by atoms with Crippen LogP contribution in [0.25, 0.3) is 10.9 Å². The lowest BCUT2D eigenvalue weighted by Gasteiger charge is -2.15. The average molecular weight is 426 g/mol. The van der Waals surface area contributed by atoms with Crippen molar-refractivity contribution < 1.29 is 14.3 Å². The summed E-state index contributed by atoms with van der Waals surface area (Å²) < 4.78 is 13.4. The van der Waals surface area contributed by atoms with Crippen LogP contribution in [0.15, 0.2) is 55.4 Å². The summed E-state index contributed by atoms with van der Waals surface area (Å²) in [6, 6.07) is 10.8. The molecule has 3 heterocycles. The number of amides is 1. The number of nitrogens with one attached hydrogen (secondary N) is 1. The van der Waals surface area contributed by atoms with Crippen molar-refractivity contribution in [3.05, 3.63) is 72.2 Å². The predicted octanol–water partition coefficient (Wildman–Crippen LogP) is 2.87. The van der Waals surface area contributed by atoms with E-state index in [0.29, 0.717) is 58.1 Å². The summed E-state index contributed by atoms with van der Waals surface area (Å²) in [6.07, 6.45) is 6.73. The summed E-state index contributed by atoms with van der Waals surface area (Å²) in [5, 5.41) is 12.8. The summed E-state index contributed by atoms with van der Waals surface area (Å²) in [6.45, 7) is 1.06. The minimum Gasteiger partial charge on any atom is -0.493 e. The van der Waals surface area contributed by atoms with Gasteiger partial charge in [0.05, 0.1) is 42.8 Å². The SMILES string of the molecule is COc1cc2c(C3C(=O)Nc4ccc(C#N)cc43)ncnc2cc1OCCn1ccnc1. The fraction of sp³-hybridized carbons (Fsp3) is 0.174. The van der Waals surface area contributed by atoms with Crippen LogP contribution in [0.2, 0.25) is 0 Å². The third kappa shape index (κ3) is 3.37. The monoisotopic (exact) mass is 426 g/mol. The Morgan fingerprint density at radius 1 is 1.22 bits per heavy atom. The number of carbonyl (C=O) groups excluding carboxylic acids is 1. The molecular formula is C23H18N6O3. The number of hydrogen-bond acceptors (Lipinski definition) is 7. The number of nitrogens with zero attached hydrogens (tertiary/aromatic N) is 5. The zero-order valence-corrected chi connectivity index (χ0v) is 17.1. The van der Waals surface area contributed by atoms with Crippen LogP contribution in [0.3, 0.4) is 0 Å². The van der Waals surface area contributed by atoms with E-state index >= 15 is 0 Å². The Bertz CT molecular complexity index is 1360. The van der Waals surface area contributed by atoms with E-state index in [0.717, 1.165) is 0 Å². The van der Waals surface area contributed by atoms with Gasteiger partial charge in [-0.05, 0) is 29.8 Å². The molecule has 0 saturated heterocycles. The van der Waals surface area contributed by atoms with E-state index < -0.39 is 5.92 Å². The summed E-state index contributed by atoms with van der Waals surface area (Å²) in [7, 11) is 1.56. The molecule has 0 radical (unpaired) electrons. The molecule has 1 atom stereocenters. The van der Waals surface area contributed by atoms with Gasteiger partial charge in [-0.15, -0.1) is 0 Å². The predicted molar refractivity (Wildman–Crippen MR) is 115 cm³/mol. The van der Waals surface area contributed by atoms with Crippen LogP contribution >= 0.6 is 0 Å². The number of fused-ring (bicyclic) bond motifs is 2. The molecule has 0 bridgehead atoms. The first kappa shape index (κ1) is 19.5. The zero-order chi connectivity index (χ0) is 22.1. The Labute approximate surface area is 183 Å². The molecule has 1 N–H and O–H groups in total. The molecule has 4 aromatic rings. The Balaban J connectivity index is 1.53. The highest BCUT2D eigenvalue weighted by atomic mass is 16.5. The Kier molecular flexibility index (Phi) is 4.88. The van der Waals surface area contributed by atoms with E-state index in [1.807, 2.05) is 10.8 Å². The van der Waals surface area contributed by atoms with Gasteiger partial charge in [-0.1, -0.05) is 0 Å². The maximum atomic E-state index is 12.8. The maximum absolute atomic E-state index is 12.8. The Morgan fingerprint density at radius 3 is 2.91 bits per heavy atom. The molecule has 1 unspecified atom stereocenters. The van der Waals surface area contributed by atoms with Crippen molar-refractivity contribution in [2.45, 2.75) is 12.5 Å². The van der Waals surface area contributed by atoms with E-state index in [1.165, 1.54) is 6.33 Å². The van der Waals surface area contributed by atoms with Crippen molar-refractivity contribution in [1.29, 1.82) is 5.26 Å². The molecule has 158 valence electrons. The fourth-order valence-electron chi connectivity index (χ4n) is 3.87. The Hall–Kier alpha value is -4.45. The van der Waals surface area contributed by atoms with E-state index in [4.69, 9.17) is 9.47 Å². The molecule has 1 amide bonds. The lowest BCUT2D eigenvalue weighted by Crippen LogP contribution is -2.15. The second kappa shape index (κ2) is 8.00. The van der Waals surface area contributed by atoms with Gasteiger partial charge in [0.1, 0.15) is 18.9 Å². The van der Waals surface area contributed by atoms with E-state index in [9.17, 15) is 10.1 Å². The van der Waals surface area contributed by atoms with Crippen molar-refractivity contribution in [1.82, 2.24) is 19.5 Å². The number of benzene rings is 2. The van der Waals surface area contributed by atoms with Gasteiger partial charge in [-0.3, -0.25) is 4.79 Å². The largest absolute Gasteiger partial charge is 0.493 e. The number of rotatable bonds is 6. The van der Waals surface area contributed by atoms with Crippen molar-refractivity contribution in [3.63, 3.8) is 0 Å². The van der Waals surface area contributed by atoms with Crippen LogP contribution in [-0.2, 0) is 11.3 Å². The topological polar surface area (TPSA) is 115 Å². The molecule has 5 rings (SSSR count). The second-order valence-electron chi connectivity index (χ2n) is 7.26. The minimum absolute atomic E-state index is 0.199. The van der Waals surface area contributed by atoms with E-state index in [1.54, 1.807) is 50.0 Å². The number of imidazole rings is 1. The molecular weight excluding hydrogens is 408 g/mol. The number of nitriles is 1. The molecule has 9 heteroatoms. The highest BCUT2D eigenvalue weighted by Gasteiger charge is 2.34. The smallest absolute Gasteiger partial charge is 0.238 e. The molecule has 0 aliphatic carbocycles. The molecule has 0 saturated carbocycles. The minimum atomic E-state index is -0.651. The number of carbonyl (C=O) groups is 1. The van der Waals surface area contributed by atoms with Crippen LogP contribution in [0.4, 0.5) is 5.69 Å². The Morgan fingerprint density at radius 2 is 2.12 bits per heavy atom. The van der Waals surface area contributed by atoms with Crippen LogP contribution < -0.4 is 14.8 Å². The van der Waals surface area contributed by atoms with Crippen molar-refractivity contribution in [2.24, 2.45) is 0 Å². The fourth-order valence-corrected chi connectivity index (χ4v) is 3.87. The first-order valence-electron chi connectivity index (χ1n) is 9.94. The quantitative estimate of drug-likeness (QED) is 0.504. The van der Waals surface area contributed by atoms with Gasteiger partial charge in [-0.2, -0.15) is 5.26 Å². The van der Waals surface area contributed by atoms with E-state index in [2.05, 4.69) is 26.3 Å². The number of methoxy groups -OCH3 is 1. The van der Waals surface area contributed by atoms with Crippen molar-refractivity contribution in [2.75, 3.05) is 19.0 Å². The van der Waals surface area contributed by atoms with Crippen LogP contribution in [-0.4, -0.2) is 39.1 Å². The van der Waals surface area contributed by atoms with E-state index in [-0.39, 0.29) is 5.91 Å². The summed E-state index contributed by atoms with van der Waals surface area (Å²) in [5.74, 6) is 0.215. The van der Waals surface area contributed by atoms with Gasteiger partial charge in [0, 0.05) is 29.5 Å². The van der Waals surface area contributed by atoms with Gasteiger partial charge in [-0.25, -0.2) is 15.0 Å². The van der Waals surface area contributed by atoms with Gasteiger partial charge >= 0.3 is 0 Å². The summed E-state index contributed by atoms with van der Waals surface area (Å²) >= 11 is 0. The molecule has 1 aliphatic rings. The number of hydrogen-bond donors (Lipinski definition) is 1. The molecule has 0 fully saturated rings. The van der Waals surface area contributed by atoms with Gasteiger partial charge < -0.3 is 19.4 Å². The number of ether oxygens (including phenoxy) is 2. The average Bonchev–Trinajstić information content (AvgIpc) is 3.44. The third-order valence-corrected chi connectivity index (χ3v) is 5.40. The molecule has 2 aromatic carbocycles. The highest BCUT2D eigenvalue weighted by Crippen LogP contribution is 2.41. The second-order valence-corrected chi connectivity index (χ2v) is 7.26.